The molecule has 0 bridgehead atoms. The number of aromatic amines is 1. The second kappa shape index (κ2) is 4.28. The van der Waals surface area contributed by atoms with E-state index in [0.717, 1.165) is 16.8 Å². The molecule has 2 heteroatoms. The minimum absolute atomic E-state index is 0.212. The van der Waals surface area contributed by atoms with Crippen LogP contribution in [0.3, 0.4) is 0 Å². The average molecular weight is 229 g/mol. The van der Waals surface area contributed by atoms with Gasteiger partial charge in [0.25, 0.3) is 0 Å². The molecule has 0 aliphatic rings. The summed E-state index contributed by atoms with van der Waals surface area (Å²) in [6.45, 7) is 9.98. The standard InChI is InChI=1S/C15H19NO/c1-9(2)12-5-6-15-14(8-12)13(7-10(3)17)11(4)16-15/h5-6,8-9,16-17H,3,7H2,1-2,4H3. The highest BCUT2D eigenvalue weighted by Crippen LogP contribution is 2.27. The molecule has 90 valence electrons. The third-order valence-corrected chi connectivity index (χ3v) is 3.19. The van der Waals surface area contributed by atoms with Gasteiger partial charge >= 0.3 is 0 Å². The van der Waals surface area contributed by atoms with E-state index < -0.39 is 0 Å². The Morgan fingerprint density at radius 2 is 2.12 bits per heavy atom. The van der Waals surface area contributed by atoms with Crippen molar-refractivity contribution in [3.05, 3.63) is 47.4 Å². The van der Waals surface area contributed by atoms with Gasteiger partial charge in [-0.3, -0.25) is 0 Å². The smallest absolute Gasteiger partial charge is 0.0895 e. The average Bonchev–Trinajstić information content (AvgIpc) is 2.54. The van der Waals surface area contributed by atoms with Crippen LogP contribution in [0.1, 0.15) is 36.6 Å². The molecule has 2 rings (SSSR count). The van der Waals surface area contributed by atoms with Crippen LogP contribution in [0.2, 0.25) is 0 Å². The van der Waals surface area contributed by atoms with Crippen molar-refractivity contribution in [1.29, 1.82) is 0 Å². The summed E-state index contributed by atoms with van der Waals surface area (Å²) in [7, 11) is 0. The number of aliphatic hydroxyl groups is 1. The van der Waals surface area contributed by atoms with E-state index in [9.17, 15) is 5.11 Å². The first-order valence-electron chi connectivity index (χ1n) is 5.97. The van der Waals surface area contributed by atoms with E-state index in [1.54, 1.807) is 0 Å². The summed E-state index contributed by atoms with van der Waals surface area (Å²) in [5.41, 5.74) is 4.70. The third kappa shape index (κ3) is 2.21. The lowest BCUT2D eigenvalue weighted by Crippen LogP contribution is -1.90. The molecule has 0 saturated heterocycles. The van der Waals surface area contributed by atoms with E-state index >= 15 is 0 Å². The maximum absolute atomic E-state index is 9.38. The van der Waals surface area contributed by atoms with Crippen LogP contribution in [0.25, 0.3) is 10.9 Å². The van der Waals surface area contributed by atoms with Gasteiger partial charge in [0.2, 0.25) is 0 Å². The lowest BCUT2D eigenvalue weighted by Gasteiger charge is -2.06. The molecule has 0 spiro atoms. The molecule has 2 aromatic rings. The monoisotopic (exact) mass is 229 g/mol. The lowest BCUT2D eigenvalue weighted by molar-refractivity contribution is 0.402. The van der Waals surface area contributed by atoms with Crippen LogP contribution in [0.15, 0.2) is 30.5 Å². The van der Waals surface area contributed by atoms with E-state index in [1.807, 2.05) is 6.92 Å². The Labute approximate surface area is 102 Å². The second-order valence-electron chi connectivity index (χ2n) is 4.93. The SMILES string of the molecule is C=C(O)Cc1c(C)[nH]c2ccc(C(C)C)cc12. The number of H-pyrrole nitrogens is 1. The molecule has 0 fully saturated rings. The molecular weight excluding hydrogens is 210 g/mol. The fourth-order valence-corrected chi connectivity index (χ4v) is 2.19. The first kappa shape index (κ1) is 11.8. The molecular formula is C15H19NO. The fraction of sp³-hybridized carbons (Fsp3) is 0.333. The van der Waals surface area contributed by atoms with Crippen molar-refractivity contribution in [2.24, 2.45) is 0 Å². The number of hydrogen-bond donors (Lipinski definition) is 2. The molecule has 17 heavy (non-hydrogen) atoms. The largest absolute Gasteiger partial charge is 0.513 e. The Hall–Kier alpha value is -1.70. The van der Waals surface area contributed by atoms with Gasteiger partial charge in [0.15, 0.2) is 0 Å². The molecule has 0 aliphatic heterocycles. The zero-order valence-electron chi connectivity index (χ0n) is 10.7. The zero-order chi connectivity index (χ0) is 12.6. The Morgan fingerprint density at radius 1 is 1.41 bits per heavy atom. The number of rotatable bonds is 3. The van der Waals surface area contributed by atoms with Crippen molar-refractivity contribution >= 4 is 10.9 Å². The van der Waals surface area contributed by atoms with Crippen molar-refractivity contribution in [3.8, 4) is 0 Å². The van der Waals surface area contributed by atoms with Crippen molar-refractivity contribution < 1.29 is 5.11 Å². The quantitative estimate of drug-likeness (QED) is 0.760. The number of aryl methyl sites for hydroxylation is 1. The molecule has 0 aliphatic carbocycles. The predicted octanol–water partition coefficient (Wildman–Crippen LogP) is 4.21. The molecule has 0 radical (unpaired) electrons. The van der Waals surface area contributed by atoms with Crippen molar-refractivity contribution in [1.82, 2.24) is 4.98 Å². The summed E-state index contributed by atoms with van der Waals surface area (Å²) in [5.74, 6) is 0.726. The third-order valence-electron chi connectivity index (χ3n) is 3.19. The van der Waals surface area contributed by atoms with Crippen LogP contribution in [0.5, 0.6) is 0 Å². The van der Waals surface area contributed by atoms with E-state index in [1.165, 1.54) is 10.9 Å². The number of benzene rings is 1. The van der Waals surface area contributed by atoms with Gasteiger partial charge in [-0.1, -0.05) is 26.5 Å². The molecule has 0 atom stereocenters. The van der Waals surface area contributed by atoms with Crippen molar-refractivity contribution in [3.63, 3.8) is 0 Å². The lowest BCUT2D eigenvalue weighted by atomic mass is 9.99. The Bertz CT molecular complexity index is 564. The van der Waals surface area contributed by atoms with Crippen LogP contribution >= 0.6 is 0 Å². The molecule has 0 amide bonds. The van der Waals surface area contributed by atoms with Gasteiger partial charge in [0.05, 0.1) is 5.76 Å². The first-order chi connectivity index (χ1) is 7.99. The number of aromatic nitrogens is 1. The predicted molar refractivity (Wildman–Crippen MR) is 72.6 cm³/mol. The van der Waals surface area contributed by atoms with Gasteiger partial charge in [-0.15, -0.1) is 0 Å². The summed E-state index contributed by atoms with van der Waals surface area (Å²) in [6.07, 6.45) is 0.521. The summed E-state index contributed by atoms with van der Waals surface area (Å²) in [4.78, 5) is 3.35. The Balaban J connectivity index is 2.60. The van der Waals surface area contributed by atoms with Gasteiger partial charge < -0.3 is 10.1 Å². The van der Waals surface area contributed by atoms with Gasteiger partial charge in [-0.25, -0.2) is 0 Å². The molecule has 1 aromatic carbocycles. The van der Waals surface area contributed by atoms with Gasteiger partial charge in [0.1, 0.15) is 0 Å². The number of allylic oxidation sites excluding steroid dienone is 1. The second-order valence-corrected chi connectivity index (χ2v) is 4.93. The van der Waals surface area contributed by atoms with Crippen LogP contribution in [0.4, 0.5) is 0 Å². The number of aliphatic hydroxyl groups excluding tert-OH is 1. The number of fused-ring (bicyclic) bond motifs is 1. The minimum Gasteiger partial charge on any atom is -0.513 e. The van der Waals surface area contributed by atoms with E-state index in [2.05, 4.69) is 43.6 Å². The van der Waals surface area contributed by atoms with E-state index in [-0.39, 0.29) is 5.76 Å². The molecule has 2 N–H and O–H groups in total. The number of hydrogen-bond acceptors (Lipinski definition) is 1. The first-order valence-corrected chi connectivity index (χ1v) is 5.97. The normalized spacial score (nSPS) is 11.3. The van der Waals surface area contributed by atoms with Gasteiger partial charge in [-0.05, 0) is 36.1 Å². The maximum Gasteiger partial charge on any atom is 0.0895 e. The van der Waals surface area contributed by atoms with Gasteiger partial charge in [-0.2, -0.15) is 0 Å². The highest BCUT2D eigenvalue weighted by Gasteiger charge is 2.10. The fourth-order valence-electron chi connectivity index (χ4n) is 2.19. The molecule has 2 nitrogen and oxygen atoms in total. The molecule has 0 saturated carbocycles. The minimum atomic E-state index is 0.212. The highest BCUT2D eigenvalue weighted by molar-refractivity contribution is 5.85. The molecule has 1 aromatic heterocycles. The Morgan fingerprint density at radius 3 is 2.71 bits per heavy atom. The number of nitrogens with one attached hydrogen (secondary N) is 1. The zero-order valence-corrected chi connectivity index (χ0v) is 10.7. The van der Waals surface area contributed by atoms with Crippen LogP contribution in [-0.2, 0) is 6.42 Å². The van der Waals surface area contributed by atoms with Crippen LogP contribution in [-0.4, -0.2) is 10.1 Å². The van der Waals surface area contributed by atoms with E-state index in [0.29, 0.717) is 12.3 Å². The summed E-state index contributed by atoms with van der Waals surface area (Å²) in [5, 5.41) is 10.6. The maximum atomic E-state index is 9.38. The van der Waals surface area contributed by atoms with E-state index in [4.69, 9.17) is 0 Å². The summed E-state index contributed by atoms with van der Waals surface area (Å²) in [6, 6.07) is 6.48. The van der Waals surface area contributed by atoms with Gasteiger partial charge in [0, 0.05) is 23.0 Å². The van der Waals surface area contributed by atoms with Crippen LogP contribution in [0, 0.1) is 6.92 Å². The molecule has 1 heterocycles. The highest BCUT2D eigenvalue weighted by atomic mass is 16.3. The summed E-state index contributed by atoms with van der Waals surface area (Å²) < 4.78 is 0. The Kier molecular flexibility index (Phi) is 2.97. The molecule has 0 unspecified atom stereocenters. The van der Waals surface area contributed by atoms with Crippen molar-refractivity contribution in [2.45, 2.75) is 33.1 Å². The van der Waals surface area contributed by atoms with Crippen LogP contribution < -0.4 is 0 Å². The summed E-state index contributed by atoms with van der Waals surface area (Å²) >= 11 is 0. The topological polar surface area (TPSA) is 36.0 Å². The van der Waals surface area contributed by atoms with Crippen molar-refractivity contribution in [2.75, 3.05) is 0 Å².